The lowest BCUT2D eigenvalue weighted by Crippen LogP contribution is -2.45. The summed E-state index contributed by atoms with van der Waals surface area (Å²) in [6.07, 6.45) is 10.7. The summed E-state index contributed by atoms with van der Waals surface area (Å²) in [5.74, 6) is 1.37. The molecule has 0 saturated heterocycles. The van der Waals surface area contributed by atoms with Crippen LogP contribution in [-0.4, -0.2) is 32.6 Å². The summed E-state index contributed by atoms with van der Waals surface area (Å²) in [4.78, 5) is 26.7. The van der Waals surface area contributed by atoms with Gasteiger partial charge >= 0.3 is 6.01 Å². The van der Waals surface area contributed by atoms with Crippen molar-refractivity contribution >= 4 is 23.2 Å². The van der Waals surface area contributed by atoms with E-state index in [1.807, 2.05) is 31.2 Å². The minimum Gasteiger partial charge on any atom is -0.464 e. The first kappa shape index (κ1) is 29.3. The Hall–Kier alpha value is -3.78. The molecule has 8 nitrogen and oxygen atoms in total. The van der Waals surface area contributed by atoms with Crippen LogP contribution in [0.4, 0.5) is 5.69 Å². The van der Waals surface area contributed by atoms with Gasteiger partial charge in [0.05, 0.1) is 17.3 Å². The third-order valence-electron chi connectivity index (χ3n) is 9.22. The van der Waals surface area contributed by atoms with Crippen LogP contribution in [0.5, 0.6) is 6.01 Å². The van der Waals surface area contributed by atoms with E-state index < -0.39 is 0 Å². The highest BCUT2D eigenvalue weighted by Crippen LogP contribution is 2.59. The van der Waals surface area contributed by atoms with Crippen LogP contribution in [0, 0.1) is 5.41 Å². The van der Waals surface area contributed by atoms with E-state index in [1.54, 1.807) is 24.5 Å². The first-order chi connectivity index (χ1) is 20.6. The van der Waals surface area contributed by atoms with E-state index in [9.17, 15) is 4.79 Å². The largest absolute Gasteiger partial charge is 0.464 e. The molecule has 1 amide bonds. The SMILES string of the molecule is CCOc1ncc(-c2c(CC34CCC(c5nc(C(C)(C)C)no5)(CC3)CC4)ccc(NC(=O)c3ccccc3)c2Cl)cn1. The first-order valence-electron chi connectivity index (χ1n) is 15.1. The van der Waals surface area contributed by atoms with Gasteiger partial charge in [-0.2, -0.15) is 4.98 Å². The zero-order chi connectivity index (χ0) is 30.2. The minimum atomic E-state index is -0.214. The zero-order valence-corrected chi connectivity index (χ0v) is 26.0. The van der Waals surface area contributed by atoms with Gasteiger partial charge < -0.3 is 14.6 Å². The Kier molecular flexibility index (Phi) is 7.75. The minimum absolute atomic E-state index is 0.0345. The van der Waals surface area contributed by atoms with Crippen LogP contribution in [0.25, 0.3) is 11.1 Å². The molecule has 224 valence electrons. The number of ether oxygens (including phenoxy) is 1. The molecule has 7 rings (SSSR count). The number of benzene rings is 2. The summed E-state index contributed by atoms with van der Waals surface area (Å²) in [5.41, 5.74) is 3.85. The van der Waals surface area contributed by atoms with Gasteiger partial charge in [0, 0.05) is 39.9 Å². The summed E-state index contributed by atoms with van der Waals surface area (Å²) in [6.45, 7) is 8.72. The molecule has 2 bridgehead atoms. The Morgan fingerprint density at radius 1 is 1.00 bits per heavy atom. The Bertz CT molecular complexity index is 1590. The van der Waals surface area contributed by atoms with Crippen molar-refractivity contribution in [3.63, 3.8) is 0 Å². The van der Waals surface area contributed by atoms with Gasteiger partial charge in [0.1, 0.15) is 0 Å². The maximum absolute atomic E-state index is 13.0. The van der Waals surface area contributed by atoms with E-state index in [1.165, 1.54) is 0 Å². The fraction of sp³-hybridized carbons (Fsp3) is 0.441. The maximum Gasteiger partial charge on any atom is 0.316 e. The number of carbonyl (C=O) groups excluding carboxylic acids is 1. The second kappa shape index (κ2) is 11.4. The first-order valence-corrected chi connectivity index (χ1v) is 15.5. The van der Waals surface area contributed by atoms with Crippen LogP contribution in [-0.2, 0) is 17.3 Å². The molecule has 0 spiro atoms. The highest BCUT2D eigenvalue weighted by atomic mass is 35.5. The number of fused-ring (bicyclic) bond motifs is 3. The van der Waals surface area contributed by atoms with Crippen molar-refractivity contribution in [2.75, 3.05) is 11.9 Å². The van der Waals surface area contributed by atoms with Gasteiger partial charge in [0.15, 0.2) is 5.82 Å². The molecule has 4 aromatic rings. The zero-order valence-electron chi connectivity index (χ0n) is 25.2. The fourth-order valence-corrected chi connectivity index (χ4v) is 6.94. The molecule has 3 fully saturated rings. The fourth-order valence-electron chi connectivity index (χ4n) is 6.60. The number of nitrogens with zero attached hydrogens (tertiary/aromatic N) is 4. The number of anilines is 1. The van der Waals surface area contributed by atoms with Gasteiger partial charge in [-0.15, -0.1) is 0 Å². The molecule has 3 aliphatic carbocycles. The van der Waals surface area contributed by atoms with Crippen molar-refractivity contribution in [1.29, 1.82) is 0 Å². The topological polar surface area (TPSA) is 103 Å². The van der Waals surface area contributed by atoms with Crippen molar-refractivity contribution in [3.8, 4) is 17.1 Å². The molecule has 2 aromatic heterocycles. The molecular weight excluding hydrogens is 562 g/mol. The predicted molar refractivity (Wildman–Crippen MR) is 167 cm³/mol. The van der Waals surface area contributed by atoms with Crippen LogP contribution in [0.15, 0.2) is 59.4 Å². The van der Waals surface area contributed by atoms with E-state index in [4.69, 9.17) is 25.8 Å². The molecule has 9 heteroatoms. The lowest BCUT2D eigenvalue weighted by Gasteiger charge is -2.52. The van der Waals surface area contributed by atoms with E-state index in [-0.39, 0.29) is 22.2 Å². The van der Waals surface area contributed by atoms with E-state index >= 15 is 0 Å². The Labute approximate surface area is 257 Å². The van der Waals surface area contributed by atoms with Crippen molar-refractivity contribution in [3.05, 3.63) is 82.7 Å². The molecule has 0 radical (unpaired) electrons. The third-order valence-corrected chi connectivity index (χ3v) is 9.61. The van der Waals surface area contributed by atoms with E-state index in [2.05, 4.69) is 47.3 Å². The standard InChI is InChI=1S/C34H38ClN5O3/c1-5-42-31-36-20-24(21-37-31)26-23(11-12-25(27(26)35)38-28(41)22-9-7-6-8-10-22)19-33-13-16-34(17-14-33,18-15-33)30-39-29(40-43-30)32(2,3)4/h6-12,20-21H,5,13-19H2,1-4H3,(H,38,41). The van der Waals surface area contributed by atoms with Gasteiger partial charge in [-0.3, -0.25) is 4.79 Å². The monoisotopic (exact) mass is 599 g/mol. The molecule has 0 aliphatic heterocycles. The average molecular weight is 600 g/mol. The molecule has 0 unspecified atom stereocenters. The second-order valence-electron chi connectivity index (χ2n) is 13.1. The molecular formula is C34H38ClN5O3. The second-order valence-corrected chi connectivity index (χ2v) is 13.5. The summed E-state index contributed by atoms with van der Waals surface area (Å²) in [5, 5.41) is 7.81. The lowest BCUT2D eigenvalue weighted by atomic mass is 9.52. The van der Waals surface area contributed by atoms with Crippen molar-refractivity contribution in [1.82, 2.24) is 20.1 Å². The van der Waals surface area contributed by atoms with Gasteiger partial charge in [0.2, 0.25) is 5.89 Å². The maximum atomic E-state index is 13.0. The molecule has 43 heavy (non-hydrogen) atoms. The lowest BCUT2D eigenvalue weighted by molar-refractivity contribution is 0.0231. The number of aromatic nitrogens is 4. The molecule has 0 atom stereocenters. The van der Waals surface area contributed by atoms with Crippen LogP contribution >= 0.6 is 11.6 Å². The van der Waals surface area contributed by atoms with Gasteiger partial charge in [0.25, 0.3) is 5.91 Å². The number of carbonyl (C=O) groups is 1. The number of rotatable bonds is 8. The van der Waals surface area contributed by atoms with Gasteiger partial charge in [-0.1, -0.05) is 61.8 Å². The van der Waals surface area contributed by atoms with Crippen molar-refractivity contribution in [2.24, 2.45) is 5.41 Å². The Morgan fingerprint density at radius 3 is 2.28 bits per heavy atom. The number of hydrogen-bond donors (Lipinski definition) is 1. The number of nitrogens with one attached hydrogen (secondary N) is 1. The van der Waals surface area contributed by atoms with Crippen LogP contribution in [0.3, 0.4) is 0 Å². The summed E-state index contributed by atoms with van der Waals surface area (Å²) >= 11 is 7.11. The summed E-state index contributed by atoms with van der Waals surface area (Å²) in [7, 11) is 0. The predicted octanol–water partition coefficient (Wildman–Crippen LogP) is 7.96. The van der Waals surface area contributed by atoms with E-state index in [0.29, 0.717) is 28.9 Å². The van der Waals surface area contributed by atoms with E-state index in [0.717, 1.165) is 73.4 Å². The van der Waals surface area contributed by atoms with Crippen molar-refractivity contribution < 1.29 is 14.1 Å². The Balaban J connectivity index is 1.29. The van der Waals surface area contributed by atoms with Crippen molar-refractivity contribution in [2.45, 2.75) is 83.5 Å². The van der Waals surface area contributed by atoms with Gasteiger partial charge in [-0.05, 0) is 81.0 Å². The molecule has 2 heterocycles. The smallest absolute Gasteiger partial charge is 0.316 e. The summed E-state index contributed by atoms with van der Waals surface area (Å²) < 4.78 is 11.3. The molecule has 3 aliphatic rings. The molecule has 3 saturated carbocycles. The number of halogens is 1. The summed E-state index contributed by atoms with van der Waals surface area (Å²) in [6, 6.07) is 13.5. The number of amides is 1. The normalized spacial score (nSPS) is 21.5. The molecule has 1 N–H and O–H groups in total. The third kappa shape index (κ3) is 5.77. The highest BCUT2D eigenvalue weighted by molar-refractivity contribution is 6.36. The van der Waals surface area contributed by atoms with Crippen LogP contribution in [0.2, 0.25) is 5.02 Å². The van der Waals surface area contributed by atoms with Gasteiger partial charge in [-0.25, -0.2) is 9.97 Å². The average Bonchev–Trinajstić information content (AvgIpc) is 3.53. The number of hydrogen-bond acceptors (Lipinski definition) is 7. The van der Waals surface area contributed by atoms with Crippen LogP contribution in [0.1, 0.15) is 93.9 Å². The molecule has 2 aromatic carbocycles. The Morgan fingerprint density at radius 2 is 1.67 bits per heavy atom. The van der Waals surface area contributed by atoms with Crippen LogP contribution < -0.4 is 10.1 Å². The quantitative estimate of drug-likeness (QED) is 0.219. The highest BCUT2D eigenvalue weighted by Gasteiger charge is 2.52.